The normalized spacial score (nSPS) is 10.8. The summed E-state index contributed by atoms with van der Waals surface area (Å²) >= 11 is 0. The number of pyridine rings is 1. The molecule has 2 heterocycles. The fraction of sp³-hybridized carbons (Fsp3) is 0.278. The van der Waals surface area contributed by atoms with E-state index < -0.39 is 0 Å². The summed E-state index contributed by atoms with van der Waals surface area (Å²) in [4.78, 5) is 12.2. The zero-order chi connectivity index (χ0) is 16.9. The van der Waals surface area contributed by atoms with Crippen molar-refractivity contribution in [2.45, 2.75) is 26.2 Å². The number of aryl methyl sites for hydroxylation is 2. The van der Waals surface area contributed by atoms with Gasteiger partial charge in [0.05, 0.1) is 12.8 Å². The summed E-state index contributed by atoms with van der Waals surface area (Å²) in [5, 5.41) is 11.2. The van der Waals surface area contributed by atoms with E-state index in [2.05, 4.69) is 15.5 Å². The molecule has 24 heavy (non-hydrogen) atoms. The SMILES string of the molecule is CCc1nnc2c(NC(=O)CCc3ccc(OC)cc3)cccn12. The second-order valence-corrected chi connectivity index (χ2v) is 5.48. The summed E-state index contributed by atoms with van der Waals surface area (Å²) in [6.45, 7) is 2.02. The van der Waals surface area contributed by atoms with Crippen molar-refractivity contribution in [1.82, 2.24) is 14.6 Å². The lowest BCUT2D eigenvalue weighted by molar-refractivity contribution is -0.116. The van der Waals surface area contributed by atoms with Gasteiger partial charge in [0.1, 0.15) is 11.6 Å². The number of amides is 1. The van der Waals surface area contributed by atoms with Crippen molar-refractivity contribution < 1.29 is 9.53 Å². The van der Waals surface area contributed by atoms with Crippen LogP contribution in [0.1, 0.15) is 24.7 Å². The maximum absolute atomic E-state index is 12.2. The zero-order valence-electron chi connectivity index (χ0n) is 13.8. The Hall–Kier alpha value is -2.89. The van der Waals surface area contributed by atoms with E-state index in [4.69, 9.17) is 4.74 Å². The molecule has 6 heteroatoms. The minimum Gasteiger partial charge on any atom is -0.497 e. The number of ether oxygens (including phenoxy) is 1. The third kappa shape index (κ3) is 3.37. The molecule has 0 spiro atoms. The van der Waals surface area contributed by atoms with Crippen LogP contribution in [0.25, 0.3) is 5.65 Å². The maximum Gasteiger partial charge on any atom is 0.224 e. The van der Waals surface area contributed by atoms with E-state index in [1.54, 1.807) is 7.11 Å². The van der Waals surface area contributed by atoms with Crippen molar-refractivity contribution in [3.05, 3.63) is 54.0 Å². The average Bonchev–Trinajstić information content (AvgIpc) is 3.04. The number of aromatic nitrogens is 3. The Balaban J connectivity index is 1.65. The van der Waals surface area contributed by atoms with Crippen LogP contribution in [0.4, 0.5) is 5.69 Å². The van der Waals surface area contributed by atoms with Gasteiger partial charge in [0.25, 0.3) is 0 Å². The number of fused-ring (bicyclic) bond motifs is 1. The molecule has 0 aliphatic carbocycles. The summed E-state index contributed by atoms with van der Waals surface area (Å²) in [5.41, 5.74) is 2.46. The molecule has 1 aromatic carbocycles. The molecule has 0 aliphatic heterocycles. The summed E-state index contributed by atoms with van der Waals surface area (Å²) in [6.07, 6.45) is 3.77. The molecule has 0 saturated heterocycles. The van der Waals surface area contributed by atoms with E-state index >= 15 is 0 Å². The molecule has 1 amide bonds. The number of hydrogen-bond acceptors (Lipinski definition) is 4. The van der Waals surface area contributed by atoms with E-state index in [0.717, 1.165) is 23.6 Å². The van der Waals surface area contributed by atoms with Crippen LogP contribution in [-0.2, 0) is 17.6 Å². The second-order valence-electron chi connectivity index (χ2n) is 5.48. The lowest BCUT2D eigenvalue weighted by Crippen LogP contribution is -2.13. The number of hydrogen-bond donors (Lipinski definition) is 1. The summed E-state index contributed by atoms with van der Waals surface area (Å²) in [7, 11) is 1.64. The topological polar surface area (TPSA) is 68.5 Å². The van der Waals surface area contributed by atoms with Crippen molar-refractivity contribution in [2.75, 3.05) is 12.4 Å². The Kier molecular flexibility index (Phi) is 4.74. The predicted molar refractivity (Wildman–Crippen MR) is 92.3 cm³/mol. The van der Waals surface area contributed by atoms with Crippen LogP contribution in [0.2, 0.25) is 0 Å². The molecule has 0 aliphatic rings. The van der Waals surface area contributed by atoms with E-state index in [-0.39, 0.29) is 5.91 Å². The molecule has 3 aromatic rings. The van der Waals surface area contributed by atoms with Gasteiger partial charge >= 0.3 is 0 Å². The van der Waals surface area contributed by atoms with Crippen LogP contribution >= 0.6 is 0 Å². The van der Waals surface area contributed by atoms with Gasteiger partial charge < -0.3 is 10.1 Å². The molecular formula is C18H20N4O2. The van der Waals surface area contributed by atoms with Gasteiger partial charge in [-0.25, -0.2) is 0 Å². The molecular weight excluding hydrogens is 304 g/mol. The third-order valence-electron chi connectivity index (χ3n) is 3.90. The van der Waals surface area contributed by atoms with Crippen molar-refractivity contribution in [3.63, 3.8) is 0 Å². The number of carbonyl (C=O) groups is 1. The fourth-order valence-corrected chi connectivity index (χ4v) is 2.57. The maximum atomic E-state index is 12.2. The number of rotatable bonds is 6. The van der Waals surface area contributed by atoms with Crippen LogP contribution in [0.3, 0.4) is 0 Å². The van der Waals surface area contributed by atoms with Gasteiger partial charge in [-0.2, -0.15) is 0 Å². The summed E-state index contributed by atoms with van der Waals surface area (Å²) in [5.74, 6) is 1.65. The largest absolute Gasteiger partial charge is 0.497 e. The molecule has 0 unspecified atom stereocenters. The smallest absolute Gasteiger partial charge is 0.224 e. The molecule has 0 bridgehead atoms. The molecule has 6 nitrogen and oxygen atoms in total. The molecule has 0 saturated carbocycles. The van der Waals surface area contributed by atoms with Crippen LogP contribution in [0.5, 0.6) is 5.75 Å². The van der Waals surface area contributed by atoms with Gasteiger partial charge in [0, 0.05) is 19.0 Å². The minimum atomic E-state index is -0.0417. The van der Waals surface area contributed by atoms with Crippen LogP contribution in [0, 0.1) is 0 Å². The fourth-order valence-electron chi connectivity index (χ4n) is 2.57. The van der Waals surface area contributed by atoms with Crippen molar-refractivity contribution in [2.24, 2.45) is 0 Å². The number of methoxy groups -OCH3 is 1. The van der Waals surface area contributed by atoms with Crippen LogP contribution in [0.15, 0.2) is 42.6 Å². The van der Waals surface area contributed by atoms with Crippen molar-refractivity contribution in [1.29, 1.82) is 0 Å². The molecule has 0 radical (unpaired) electrons. The van der Waals surface area contributed by atoms with Gasteiger partial charge in [-0.3, -0.25) is 9.20 Å². The quantitative estimate of drug-likeness (QED) is 0.757. The van der Waals surface area contributed by atoms with Crippen LogP contribution in [-0.4, -0.2) is 27.6 Å². The predicted octanol–water partition coefficient (Wildman–Crippen LogP) is 2.87. The first-order valence-electron chi connectivity index (χ1n) is 7.96. The third-order valence-corrected chi connectivity index (χ3v) is 3.90. The molecule has 2 aromatic heterocycles. The average molecular weight is 324 g/mol. The Morgan fingerprint density at radius 1 is 1.21 bits per heavy atom. The van der Waals surface area contributed by atoms with E-state index in [9.17, 15) is 4.79 Å². The molecule has 0 atom stereocenters. The monoisotopic (exact) mass is 324 g/mol. The lowest BCUT2D eigenvalue weighted by Gasteiger charge is -2.07. The van der Waals surface area contributed by atoms with Gasteiger partial charge in [-0.1, -0.05) is 19.1 Å². The van der Waals surface area contributed by atoms with Crippen molar-refractivity contribution >= 4 is 17.2 Å². The standard InChI is InChI=1S/C18H20N4O2/c1-3-16-20-21-18-15(5-4-12-22(16)18)19-17(23)11-8-13-6-9-14(24-2)10-7-13/h4-7,9-10,12H,3,8,11H2,1-2H3,(H,19,23). The highest BCUT2D eigenvalue weighted by Gasteiger charge is 2.10. The number of nitrogens with zero attached hydrogens (tertiary/aromatic N) is 3. The molecule has 124 valence electrons. The Morgan fingerprint density at radius 3 is 2.71 bits per heavy atom. The van der Waals surface area contributed by atoms with E-state index in [0.29, 0.717) is 24.2 Å². The first-order valence-corrected chi connectivity index (χ1v) is 7.96. The first-order chi connectivity index (χ1) is 11.7. The number of nitrogens with one attached hydrogen (secondary N) is 1. The van der Waals surface area contributed by atoms with E-state index in [1.807, 2.05) is 53.9 Å². The Labute approximate surface area is 140 Å². The molecule has 3 rings (SSSR count). The highest BCUT2D eigenvalue weighted by Crippen LogP contribution is 2.17. The summed E-state index contributed by atoms with van der Waals surface area (Å²) < 4.78 is 7.03. The molecule has 0 fully saturated rings. The summed E-state index contributed by atoms with van der Waals surface area (Å²) in [6, 6.07) is 11.5. The lowest BCUT2D eigenvalue weighted by atomic mass is 10.1. The molecule has 1 N–H and O–H groups in total. The Bertz CT molecular complexity index is 840. The second kappa shape index (κ2) is 7.12. The van der Waals surface area contributed by atoms with Crippen molar-refractivity contribution in [3.8, 4) is 5.75 Å². The number of benzene rings is 1. The minimum absolute atomic E-state index is 0.0417. The number of anilines is 1. The van der Waals surface area contributed by atoms with Gasteiger partial charge in [0.15, 0.2) is 5.65 Å². The van der Waals surface area contributed by atoms with Gasteiger partial charge in [-0.15, -0.1) is 10.2 Å². The zero-order valence-corrected chi connectivity index (χ0v) is 13.8. The van der Waals surface area contributed by atoms with Crippen LogP contribution < -0.4 is 10.1 Å². The Morgan fingerprint density at radius 2 is 2.00 bits per heavy atom. The number of carbonyl (C=O) groups excluding carboxylic acids is 1. The first kappa shape index (κ1) is 16.0. The van der Waals surface area contributed by atoms with Gasteiger partial charge in [0.2, 0.25) is 5.91 Å². The van der Waals surface area contributed by atoms with E-state index in [1.165, 1.54) is 0 Å². The highest BCUT2D eigenvalue weighted by atomic mass is 16.5. The van der Waals surface area contributed by atoms with Gasteiger partial charge in [-0.05, 0) is 36.2 Å². The highest BCUT2D eigenvalue weighted by molar-refractivity contribution is 5.94.